The SMILES string of the molecule is C=C/C=C\C(=C)n1c(C)c(/C=C\C=C)c(C)c1/C(=C\C=C)C(C)C. The van der Waals surface area contributed by atoms with Gasteiger partial charge in [0.1, 0.15) is 0 Å². The van der Waals surface area contributed by atoms with Gasteiger partial charge in [0.2, 0.25) is 0 Å². The van der Waals surface area contributed by atoms with Crippen LogP contribution in [-0.2, 0) is 0 Å². The molecule has 0 amide bonds. The Morgan fingerprint density at radius 3 is 2.12 bits per heavy atom. The number of hydrogen-bond donors (Lipinski definition) is 0. The van der Waals surface area contributed by atoms with E-state index in [-0.39, 0.29) is 0 Å². The quantitative estimate of drug-likeness (QED) is 0.467. The molecule has 1 heteroatoms. The molecule has 0 radical (unpaired) electrons. The zero-order chi connectivity index (χ0) is 18.3. The lowest BCUT2D eigenvalue weighted by Crippen LogP contribution is -2.06. The second-order valence-electron chi connectivity index (χ2n) is 6.00. The first-order chi connectivity index (χ1) is 11.4. The van der Waals surface area contributed by atoms with Crippen molar-refractivity contribution in [2.24, 2.45) is 5.92 Å². The lowest BCUT2D eigenvalue weighted by Gasteiger charge is -2.18. The van der Waals surface area contributed by atoms with E-state index in [1.165, 1.54) is 22.4 Å². The normalized spacial score (nSPS) is 12.3. The molecule has 1 heterocycles. The molecule has 1 nitrogen and oxygen atoms in total. The van der Waals surface area contributed by atoms with E-state index in [4.69, 9.17) is 0 Å². The van der Waals surface area contributed by atoms with E-state index in [9.17, 15) is 0 Å². The fourth-order valence-corrected chi connectivity index (χ4v) is 2.89. The third-order valence-electron chi connectivity index (χ3n) is 4.01. The third kappa shape index (κ3) is 4.05. The van der Waals surface area contributed by atoms with Gasteiger partial charge in [-0.2, -0.15) is 0 Å². The molecule has 24 heavy (non-hydrogen) atoms. The summed E-state index contributed by atoms with van der Waals surface area (Å²) in [4.78, 5) is 0. The van der Waals surface area contributed by atoms with Gasteiger partial charge in [0.15, 0.2) is 0 Å². The van der Waals surface area contributed by atoms with Crippen LogP contribution in [0.5, 0.6) is 0 Å². The molecule has 1 rings (SSSR count). The van der Waals surface area contributed by atoms with E-state index >= 15 is 0 Å². The number of hydrogen-bond acceptors (Lipinski definition) is 0. The fourth-order valence-electron chi connectivity index (χ4n) is 2.89. The van der Waals surface area contributed by atoms with Crippen molar-refractivity contribution in [3.8, 4) is 0 Å². The molecule has 0 N–H and O–H groups in total. The molecule has 0 aliphatic heterocycles. The molecule has 0 unspecified atom stereocenters. The van der Waals surface area contributed by atoms with Crippen molar-refractivity contribution in [1.82, 2.24) is 4.57 Å². The van der Waals surface area contributed by atoms with Gasteiger partial charge in [0.05, 0.1) is 5.69 Å². The van der Waals surface area contributed by atoms with E-state index < -0.39 is 0 Å². The monoisotopic (exact) mass is 319 g/mol. The predicted octanol–water partition coefficient (Wildman–Crippen LogP) is 6.74. The van der Waals surface area contributed by atoms with Gasteiger partial charge < -0.3 is 4.57 Å². The summed E-state index contributed by atoms with van der Waals surface area (Å²) in [6, 6.07) is 0. The van der Waals surface area contributed by atoms with E-state index in [0.29, 0.717) is 5.92 Å². The van der Waals surface area contributed by atoms with Crippen LogP contribution in [0, 0.1) is 19.8 Å². The highest BCUT2D eigenvalue weighted by Gasteiger charge is 2.21. The Morgan fingerprint density at radius 1 is 1.00 bits per heavy atom. The van der Waals surface area contributed by atoms with Crippen LogP contribution < -0.4 is 0 Å². The molecule has 0 aliphatic carbocycles. The molecule has 0 spiro atoms. The number of nitrogens with zero attached hydrogens (tertiary/aromatic N) is 1. The van der Waals surface area contributed by atoms with Crippen molar-refractivity contribution in [1.29, 1.82) is 0 Å². The van der Waals surface area contributed by atoms with Gasteiger partial charge in [-0.3, -0.25) is 0 Å². The average Bonchev–Trinajstić information content (AvgIpc) is 2.78. The first-order valence-electron chi connectivity index (χ1n) is 8.23. The molecule has 0 aromatic carbocycles. The predicted molar refractivity (Wildman–Crippen MR) is 111 cm³/mol. The van der Waals surface area contributed by atoms with Crippen molar-refractivity contribution in [3.05, 3.63) is 91.4 Å². The van der Waals surface area contributed by atoms with Crippen LogP contribution in [0.1, 0.15) is 36.4 Å². The molecule has 0 fully saturated rings. The molecule has 1 aromatic rings. The number of allylic oxidation sites excluding steroid dienone is 9. The maximum atomic E-state index is 4.25. The van der Waals surface area contributed by atoms with Crippen molar-refractivity contribution < 1.29 is 0 Å². The molecule has 0 saturated carbocycles. The van der Waals surface area contributed by atoms with Crippen molar-refractivity contribution in [3.63, 3.8) is 0 Å². The Labute approximate surface area is 147 Å². The lowest BCUT2D eigenvalue weighted by atomic mass is 9.95. The summed E-state index contributed by atoms with van der Waals surface area (Å²) in [6.45, 7) is 24.3. The average molecular weight is 319 g/mol. The zero-order valence-electron chi connectivity index (χ0n) is 15.5. The minimum absolute atomic E-state index is 0.377. The summed E-state index contributed by atoms with van der Waals surface area (Å²) in [6.07, 6.45) is 15.5. The van der Waals surface area contributed by atoms with Gasteiger partial charge >= 0.3 is 0 Å². The first kappa shape index (κ1) is 19.5. The van der Waals surface area contributed by atoms with Gasteiger partial charge in [-0.15, -0.1) is 0 Å². The lowest BCUT2D eigenvalue weighted by molar-refractivity contribution is 0.838. The van der Waals surface area contributed by atoms with Crippen molar-refractivity contribution >= 4 is 17.3 Å². The van der Waals surface area contributed by atoms with Crippen LogP contribution in [0.15, 0.2) is 68.8 Å². The topological polar surface area (TPSA) is 4.93 Å². The fraction of sp³-hybridized carbons (Fsp3) is 0.217. The zero-order valence-corrected chi connectivity index (χ0v) is 15.5. The minimum atomic E-state index is 0.377. The van der Waals surface area contributed by atoms with E-state index in [0.717, 1.165) is 11.4 Å². The van der Waals surface area contributed by atoms with Crippen molar-refractivity contribution in [2.45, 2.75) is 27.7 Å². The second-order valence-corrected chi connectivity index (χ2v) is 6.00. The van der Waals surface area contributed by atoms with Gasteiger partial charge in [0.25, 0.3) is 0 Å². The first-order valence-corrected chi connectivity index (χ1v) is 8.23. The summed E-state index contributed by atoms with van der Waals surface area (Å²) in [5, 5.41) is 0. The molecule has 0 aliphatic rings. The molecule has 1 aromatic heterocycles. The Hall–Kier alpha value is -2.54. The molecular weight excluding hydrogens is 290 g/mol. The highest BCUT2D eigenvalue weighted by atomic mass is 15.0. The summed E-state index contributed by atoms with van der Waals surface area (Å²) in [5.74, 6) is 0.377. The van der Waals surface area contributed by atoms with Gasteiger partial charge in [-0.25, -0.2) is 0 Å². The molecule has 0 atom stereocenters. The Kier molecular flexibility index (Phi) is 7.26. The summed E-state index contributed by atoms with van der Waals surface area (Å²) in [7, 11) is 0. The summed E-state index contributed by atoms with van der Waals surface area (Å²) < 4.78 is 2.22. The smallest absolute Gasteiger partial charge is 0.0528 e. The summed E-state index contributed by atoms with van der Waals surface area (Å²) >= 11 is 0. The summed E-state index contributed by atoms with van der Waals surface area (Å²) in [5.41, 5.74) is 6.95. The molecule has 0 saturated heterocycles. The Balaban J connectivity index is 3.80. The maximum Gasteiger partial charge on any atom is 0.0528 e. The van der Waals surface area contributed by atoms with Crippen LogP contribution in [0.25, 0.3) is 17.3 Å². The third-order valence-corrected chi connectivity index (χ3v) is 4.01. The molecule has 0 bridgehead atoms. The van der Waals surface area contributed by atoms with E-state index in [1.54, 1.807) is 12.2 Å². The van der Waals surface area contributed by atoms with Crippen LogP contribution in [0.3, 0.4) is 0 Å². The van der Waals surface area contributed by atoms with E-state index in [1.807, 2.05) is 24.3 Å². The maximum absolute atomic E-state index is 4.25. The van der Waals surface area contributed by atoms with Crippen LogP contribution in [-0.4, -0.2) is 4.57 Å². The highest BCUT2D eigenvalue weighted by molar-refractivity contribution is 5.78. The molecular formula is C23H29N. The Bertz CT molecular complexity index is 731. The van der Waals surface area contributed by atoms with Crippen LogP contribution >= 0.6 is 0 Å². The largest absolute Gasteiger partial charge is 0.314 e. The number of aromatic nitrogens is 1. The van der Waals surface area contributed by atoms with Crippen molar-refractivity contribution in [2.75, 3.05) is 0 Å². The highest BCUT2D eigenvalue weighted by Crippen LogP contribution is 2.35. The van der Waals surface area contributed by atoms with Crippen LogP contribution in [0.4, 0.5) is 0 Å². The molecule has 126 valence electrons. The van der Waals surface area contributed by atoms with E-state index in [2.05, 4.69) is 70.7 Å². The van der Waals surface area contributed by atoms with Crippen LogP contribution in [0.2, 0.25) is 0 Å². The standard InChI is InChI=1S/C23H29N/c1-9-12-15-18(6)24-20(8)22(16-13-10-2)19(7)23(24)21(14-11-3)17(4)5/h9-17H,1-3,6H2,4-5,7-8H3/b15-12-,16-13-,21-14-. The van der Waals surface area contributed by atoms with Gasteiger partial charge in [0, 0.05) is 11.4 Å². The van der Waals surface area contributed by atoms with Gasteiger partial charge in [-0.1, -0.05) is 82.7 Å². The minimum Gasteiger partial charge on any atom is -0.314 e. The number of rotatable bonds is 8. The Morgan fingerprint density at radius 2 is 1.62 bits per heavy atom. The second kappa shape index (κ2) is 8.93. The van der Waals surface area contributed by atoms with Gasteiger partial charge in [-0.05, 0) is 42.5 Å².